The number of benzene rings is 3. The molecule has 6 heteroatoms. The number of nitrogens with one attached hydrogen (secondary N) is 1. The Balaban J connectivity index is 1.91. The van der Waals surface area contributed by atoms with Crippen molar-refractivity contribution in [2.24, 2.45) is 0 Å². The van der Waals surface area contributed by atoms with E-state index in [-0.39, 0.29) is 16.5 Å². The number of anilines is 1. The fourth-order valence-electron chi connectivity index (χ4n) is 3.11. The molecule has 3 aromatic carbocycles. The quantitative estimate of drug-likeness (QED) is 0.507. The number of aryl methyl sites for hydroxylation is 1. The van der Waals surface area contributed by atoms with Crippen LogP contribution in [-0.2, 0) is 16.6 Å². The van der Waals surface area contributed by atoms with E-state index < -0.39 is 10.0 Å². The topological polar surface area (TPSA) is 66.5 Å². The van der Waals surface area contributed by atoms with E-state index in [4.69, 9.17) is 0 Å². The van der Waals surface area contributed by atoms with Crippen molar-refractivity contribution in [2.75, 3.05) is 11.3 Å². The predicted molar refractivity (Wildman–Crippen MR) is 124 cm³/mol. The molecule has 0 atom stereocenters. The Morgan fingerprint density at radius 3 is 2.26 bits per heavy atom. The standard InChI is InChI=1S/C25H26N2O3S/c1-3-4-18-27(19-21-10-6-5-7-11-21)25(28)23-12-8-9-13-24(23)26-31(29,30)22-16-14-20(2)15-17-22/h3-17,26H,18-19H2,1-2H3/b4-3+. The van der Waals surface area contributed by atoms with E-state index in [2.05, 4.69) is 4.72 Å². The lowest BCUT2D eigenvalue weighted by Gasteiger charge is -2.23. The van der Waals surface area contributed by atoms with Crippen LogP contribution in [0.1, 0.15) is 28.4 Å². The molecule has 0 bridgehead atoms. The first-order valence-corrected chi connectivity index (χ1v) is 11.5. The second-order valence-electron chi connectivity index (χ2n) is 7.20. The molecule has 1 N–H and O–H groups in total. The molecule has 0 aliphatic carbocycles. The van der Waals surface area contributed by atoms with E-state index in [0.29, 0.717) is 18.7 Å². The van der Waals surface area contributed by atoms with Crippen molar-refractivity contribution in [2.45, 2.75) is 25.3 Å². The summed E-state index contributed by atoms with van der Waals surface area (Å²) >= 11 is 0. The van der Waals surface area contributed by atoms with Crippen molar-refractivity contribution in [3.05, 3.63) is 108 Å². The van der Waals surface area contributed by atoms with Gasteiger partial charge in [0.05, 0.1) is 16.1 Å². The van der Waals surface area contributed by atoms with Crippen LogP contribution in [0.5, 0.6) is 0 Å². The number of sulfonamides is 1. The van der Waals surface area contributed by atoms with E-state index in [1.54, 1.807) is 53.4 Å². The molecule has 31 heavy (non-hydrogen) atoms. The smallest absolute Gasteiger partial charge is 0.261 e. The van der Waals surface area contributed by atoms with Crippen LogP contribution >= 0.6 is 0 Å². The van der Waals surface area contributed by atoms with Crippen molar-refractivity contribution in [1.29, 1.82) is 0 Å². The van der Waals surface area contributed by atoms with E-state index >= 15 is 0 Å². The molecule has 0 fully saturated rings. The highest BCUT2D eigenvalue weighted by molar-refractivity contribution is 7.92. The summed E-state index contributed by atoms with van der Waals surface area (Å²) in [7, 11) is -3.82. The average Bonchev–Trinajstić information content (AvgIpc) is 2.77. The number of amides is 1. The third kappa shape index (κ3) is 5.83. The zero-order chi connectivity index (χ0) is 22.3. The summed E-state index contributed by atoms with van der Waals surface area (Å²) in [5, 5.41) is 0. The minimum Gasteiger partial charge on any atom is -0.331 e. The van der Waals surface area contributed by atoms with Gasteiger partial charge in [0.25, 0.3) is 15.9 Å². The molecule has 3 aromatic rings. The highest BCUT2D eigenvalue weighted by Gasteiger charge is 2.22. The lowest BCUT2D eigenvalue weighted by atomic mass is 10.1. The maximum absolute atomic E-state index is 13.4. The van der Waals surface area contributed by atoms with Gasteiger partial charge in [0.1, 0.15) is 0 Å². The van der Waals surface area contributed by atoms with Crippen LogP contribution in [0.2, 0.25) is 0 Å². The van der Waals surface area contributed by atoms with Crippen molar-refractivity contribution < 1.29 is 13.2 Å². The number of carbonyl (C=O) groups is 1. The van der Waals surface area contributed by atoms with Crippen LogP contribution in [0.4, 0.5) is 5.69 Å². The highest BCUT2D eigenvalue weighted by atomic mass is 32.2. The molecule has 0 aliphatic rings. The molecule has 1 amide bonds. The minimum atomic E-state index is -3.82. The number of hydrogen-bond donors (Lipinski definition) is 1. The van der Waals surface area contributed by atoms with Gasteiger partial charge in [-0.3, -0.25) is 9.52 Å². The summed E-state index contributed by atoms with van der Waals surface area (Å²) in [6.45, 7) is 4.63. The first-order valence-electron chi connectivity index (χ1n) is 10.0. The lowest BCUT2D eigenvalue weighted by Crippen LogP contribution is -2.31. The normalized spacial score (nSPS) is 11.4. The second-order valence-corrected chi connectivity index (χ2v) is 8.89. The first-order chi connectivity index (χ1) is 14.9. The van der Waals surface area contributed by atoms with E-state index in [1.807, 2.05) is 56.3 Å². The Labute approximate surface area is 184 Å². The molecular weight excluding hydrogens is 408 g/mol. The van der Waals surface area contributed by atoms with Crippen molar-refractivity contribution in [3.63, 3.8) is 0 Å². The third-order valence-electron chi connectivity index (χ3n) is 4.80. The maximum Gasteiger partial charge on any atom is 0.261 e. The van der Waals surface area contributed by atoms with Crippen molar-refractivity contribution in [3.8, 4) is 0 Å². The zero-order valence-corrected chi connectivity index (χ0v) is 18.5. The van der Waals surface area contributed by atoms with Crippen LogP contribution in [0.25, 0.3) is 0 Å². The first kappa shape index (κ1) is 22.3. The number of carbonyl (C=O) groups excluding carboxylic acids is 1. The number of hydrogen-bond acceptors (Lipinski definition) is 3. The molecule has 0 saturated carbocycles. The van der Waals surface area contributed by atoms with Crippen LogP contribution in [0.15, 0.2) is 95.9 Å². The number of allylic oxidation sites excluding steroid dienone is 1. The predicted octanol–water partition coefficient (Wildman–Crippen LogP) is 5.01. The summed E-state index contributed by atoms with van der Waals surface area (Å²) in [5.74, 6) is -0.246. The number of nitrogens with zero attached hydrogens (tertiary/aromatic N) is 1. The van der Waals surface area contributed by atoms with Gasteiger partial charge in [-0.25, -0.2) is 8.42 Å². The molecule has 0 saturated heterocycles. The molecule has 0 aromatic heterocycles. The van der Waals surface area contributed by atoms with E-state index in [1.165, 1.54) is 0 Å². The molecule has 0 radical (unpaired) electrons. The van der Waals surface area contributed by atoms with Crippen LogP contribution in [-0.4, -0.2) is 25.8 Å². The minimum absolute atomic E-state index is 0.149. The van der Waals surface area contributed by atoms with Gasteiger partial charge >= 0.3 is 0 Å². The highest BCUT2D eigenvalue weighted by Crippen LogP contribution is 2.23. The zero-order valence-electron chi connectivity index (χ0n) is 17.7. The molecule has 0 unspecified atom stereocenters. The Kier molecular flexibility index (Phi) is 7.26. The maximum atomic E-state index is 13.4. The van der Waals surface area contributed by atoms with Gasteiger partial charge in [0.2, 0.25) is 0 Å². The van der Waals surface area contributed by atoms with Gasteiger partial charge < -0.3 is 4.90 Å². The summed E-state index contributed by atoms with van der Waals surface area (Å²) < 4.78 is 28.3. The van der Waals surface area contributed by atoms with Crippen molar-refractivity contribution in [1.82, 2.24) is 4.90 Å². The Hall–Kier alpha value is -3.38. The summed E-state index contributed by atoms with van der Waals surface area (Å²) in [5.41, 5.74) is 2.53. The fraction of sp³-hybridized carbons (Fsp3) is 0.160. The summed E-state index contributed by atoms with van der Waals surface area (Å²) in [6.07, 6.45) is 3.79. The molecule has 0 aliphatic heterocycles. The van der Waals surface area contributed by atoms with Gasteiger partial charge in [0.15, 0.2) is 0 Å². The Morgan fingerprint density at radius 2 is 1.58 bits per heavy atom. The molecule has 0 heterocycles. The average molecular weight is 435 g/mol. The largest absolute Gasteiger partial charge is 0.331 e. The lowest BCUT2D eigenvalue weighted by molar-refractivity contribution is 0.0763. The second kappa shape index (κ2) is 10.1. The Bertz CT molecular complexity index is 1150. The van der Waals surface area contributed by atoms with Crippen LogP contribution in [0.3, 0.4) is 0 Å². The van der Waals surface area contributed by atoms with Gasteiger partial charge in [-0.15, -0.1) is 0 Å². The van der Waals surface area contributed by atoms with Gasteiger partial charge in [-0.05, 0) is 43.7 Å². The van der Waals surface area contributed by atoms with Crippen LogP contribution < -0.4 is 4.72 Å². The monoisotopic (exact) mass is 434 g/mol. The third-order valence-corrected chi connectivity index (χ3v) is 6.18. The summed E-state index contributed by atoms with van der Waals surface area (Å²) in [6, 6.07) is 23.0. The van der Waals surface area contributed by atoms with Gasteiger partial charge in [-0.1, -0.05) is 72.3 Å². The Morgan fingerprint density at radius 1 is 0.935 bits per heavy atom. The summed E-state index contributed by atoms with van der Waals surface area (Å²) in [4.78, 5) is 15.2. The fourth-order valence-corrected chi connectivity index (χ4v) is 4.19. The molecule has 5 nitrogen and oxygen atoms in total. The number of rotatable bonds is 8. The van der Waals surface area contributed by atoms with Gasteiger partial charge in [-0.2, -0.15) is 0 Å². The number of para-hydroxylation sites is 1. The molecular formula is C25H26N2O3S. The van der Waals surface area contributed by atoms with Crippen molar-refractivity contribution >= 4 is 21.6 Å². The SMILES string of the molecule is C/C=C/CN(Cc1ccccc1)C(=O)c1ccccc1NS(=O)(=O)c1ccc(C)cc1. The molecule has 0 spiro atoms. The van der Waals surface area contributed by atoms with Crippen LogP contribution in [0, 0.1) is 6.92 Å². The molecule has 3 rings (SSSR count). The molecule has 160 valence electrons. The van der Waals surface area contributed by atoms with E-state index in [9.17, 15) is 13.2 Å². The van der Waals surface area contributed by atoms with Gasteiger partial charge in [0, 0.05) is 13.1 Å². The van der Waals surface area contributed by atoms with E-state index in [0.717, 1.165) is 11.1 Å².